The second-order valence-electron chi connectivity index (χ2n) is 0.848. The minimum Gasteiger partial charge on any atom is -0.344 e. The zero-order chi connectivity index (χ0) is 6.62. The zero-order valence-electron chi connectivity index (χ0n) is 4.44. The molecule has 6 nitrogen and oxygen atoms in total. The van der Waals surface area contributed by atoms with Crippen LogP contribution < -0.4 is 6.15 Å². The SMILES string of the molecule is N.N#CCOS(=O)(=O)O. The minimum absolute atomic E-state index is 0. The van der Waals surface area contributed by atoms with Crippen molar-refractivity contribution in [2.24, 2.45) is 0 Å². The van der Waals surface area contributed by atoms with Crippen LogP contribution in [-0.4, -0.2) is 19.6 Å². The smallest absolute Gasteiger partial charge is 0.344 e. The molecule has 9 heavy (non-hydrogen) atoms. The summed E-state index contributed by atoms with van der Waals surface area (Å²) in [7, 11) is -4.41. The summed E-state index contributed by atoms with van der Waals surface area (Å²) in [5.74, 6) is 0. The molecule has 4 N–H and O–H groups in total. The van der Waals surface area contributed by atoms with Crippen LogP contribution in [0.3, 0.4) is 0 Å². The zero-order valence-corrected chi connectivity index (χ0v) is 5.26. The Hall–Kier alpha value is -0.680. The highest BCUT2D eigenvalue weighted by Gasteiger charge is 2.00. The number of nitrogens with zero attached hydrogens (tertiary/aromatic N) is 1. The van der Waals surface area contributed by atoms with Gasteiger partial charge in [0.2, 0.25) is 0 Å². The topological polar surface area (TPSA) is 122 Å². The summed E-state index contributed by atoms with van der Waals surface area (Å²) >= 11 is 0. The van der Waals surface area contributed by atoms with Crippen molar-refractivity contribution in [3.63, 3.8) is 0 Å². The van der Waals surface area contributed by atoms with E-state index in [1.165, 1.54) is 6.07 Å². The second kappa shape index (κ2) is 4.22. The highest BCUT2D eigenvalue weighted by atomic mass is 32.3. The maximum atomic E-state index is 9.57. The predicted molar refractivity (Wildman–Crippen MR) is 28.1 cm³/mol. The minimum atomic E-state index is -4.41. The van der Waals surface area contributed by atoms with Crippen LogP contribution in [-0.2, 0) is 14.6 Å². The van der Waals surface area contributed by atoms with Crippen molar-refractivity contribution in [3.05, 3.63) is 0 Å². The van der Waals surface area contributed by atoms with Gasteiger partial charge in [0.1, 0.15) is 0 Å². The Bertz CT molecular complexity index is 189. The summed E-state index contributed by atoms with van der Waals surface area (Å²) in [6, 6.07) is 1.36. The normalized spacial score (nSPS) is 9.33. The molecule has 0 aromatic heterocycles. The fraction of sp³-hybridized carbons (Fsp3) is 0.500. The molecule has 0 aliphatic rings. The summed E-state index contributed by atoms with van der Waals surface area (Å²) < 4.78 is 30.4. The number of hydrogen-bond acceptors (Lipinski definition) is 5. The van der Waals surface area contributed by atoms with Gasteiger partial charge in [-0.05, 0) is 0 Å². The summed E-state index contributed by atoms with van der Waals surface area (Å²) in [6.45, 7) is -0.654. The maximum Gasteiger partial charge on any atom is 0.398 e. The molecule has 0 aromatic carbocycles. The van der Waals surface area contributed by atoms with Gasteiger partial charge in [-0.1, -0.05) is 0 Å². The molecular formula is C2H6N2O4S. The summed E-state index contributed by atoms with van der Waals surface area (Å²) in [5, 5.41) is 7.68. The molecule has 7 heteroatoms. The predicted octanol–water partition coefficient (Wildman–Crippen LogP) is -0.509. The third-order valence-corrected chi connectivity index (χ3v) is 0.688. The van der Waals surface area contributed by atoms with Gasteiger partial charge < -0.3 is 6.15 Å². The number of hydrogen-bond donors (Lipinski definition) is 2. The van der Waals surface area contributed by atoms with Crippen LogP contribution >= 0.6 is 0 Å². The van der Waals surface area contributed by atoms with Crippen LogP contribution in [0.5, 0.6) is 0 Å². The number of rotatable bonds is 2. The molecule has 0 atom stereocenters. The Balaban J connectivity index is 0. The summed E-state index contributed by atoms with van der Waals surface area (Å²) in [5.41, 5.74) is 0. The lowest BCUT2D eigenvalue weighted by Crippen LogP contribution is -2.02. The van der Waals surface area contributed by atoms with Crippen LogP contribution in [0, 0.1) is 11.3 Å². The van der Waals surface area contributed by atoms with E-state index in [0.29, 0.717) is 0 Å². The Kier molecular flexibility index (Phi) is 5.24. The van der Waals surface area contributed by atoms with Crippen molar-refractivity contribution in [2.45, 2.75) is 0 Å². The summed E-state index contributed by atoms with van der Waals surface area (Å²) in [4.78, 5) is 0. The number of nitriles is 1. The third kappa shape index (κ3) is 11.1. The van der Waals surface area contributed by atoms with Crippen LogP contribution in [0.15, 0.2) is 0 Å². The van der Waals surface area contributed by atoms with E-state index >= 15 is 0 Å². The first-order chi connectivity index (χ1) is 3.56. The van der Waals surface area contributed by atoms with Gasteiger partial charge in [-0.25, -0.2) is 4.18 Å². The standard InChI is InChI=1S/C2H3NO4S.H3N/c3-1-2-7-8(4,5)6;/h2H2,(H,4,5,6);1H3. The monoisotopic (exact) mass is 154 g/mol. The molecule has 0 aromatic rings. The van der Waals surface area contributed by atoms with E-state index in [2.05, 4.69) is 4.18 Å². The van der Waals surface area contributed by atoms with Gasteiger partial charge in [-0.2, -0.15) is 13.7 Å². The molecule has 54 valence electrons. The molecule has 0 heterocycles. The molecule has 0 unspecified atom stereocenters. The van der Waals surface area contributed by atoms with Crippen LogP contribution in [0.4, 0.5) is 0 Å². The van der Waals surface area contributed by atoms with E-state index in [0.717, 1.165) is 0 Å². The Morgan fingerprint density at radius 1 is 1.67 bits per heavy atom. The van der Waals surface area contributed by atoms with Crippen molar-refractivity contribution in [1.82, 2.24) is 6.15 Å². The molecule has 0 amide bonds. The average Bonchev–Trinajstić information content (AvgIpc) is 1.59. The van der Waals surface area contributed by atoms with Crippen molar-refractivity contribution in [1.29, 1.82) is 5.26 Å². The molecule has 0 radical (unpaired) electrons. The van der Waals surface area contributed by atoms with Crippen molar-refractivity contribution >= 4 is 10.4 Å². The van der Waals surface area contributed by atoms with Gasteiger partial charge >= 0.3 is 10.4 Å². The van der Waals surface area contributed by atoms with Gasteiger partial charge in [0.05, 0.1) is 6.07 Å². The van der Waals surface area contributed by atoms with Gasteiger partial charge in [-0.3, -0.25) is 4.55 Å². The van der Waals surface area contributed by atoms with E-state index in [-0.39, 0.29) is 6.15 Å². The average molecular weight is 154 g/mol. The van der Waals surface area contributed by atoms with Gasteiger partial charge in [0, 0.05) is 0 Å². The molecule has 0 fully saturated rings. The lowest BCUT2D eigenvalue weighted by Gasteiger charge is -1.87. The van der Waals surface area contributed by atoms with E-state index in [1.807, 2.05) is 0 Å². The van der Waals surface area contributed by atoms with Gasteiger partial charge in [0.15, 0.2) is 6.61 Å². The molecular weight excluding hydrogens is 148 g/mol. The Morgan fingerprint density at radius 3 is 2.22 bits per heavy atom. The molecule has 0 bridgehead atoms. The molecule has 0 spiro atoms. The fourth-order valence-electron chi connectivity index (χ4n) is 0.101. The molecule has 0 rings (SSSR count). The van der Waals surface area contributed by atoms with Gasteiger partial charge in [-0.15, -0.1) is 0 Å². The first-order valence-electron chi connectivity index (χ1n) is 1.55. The van der Waals surface area contributed by atoms with Crippen LogP contribution in [0.25, 0.3) is 0 Å². The molecule has 0 saturated carbocycles. The van der Waals surface area contributed by atoms with Crippen molar-refractivity contribution < 1.29 is 17.2 Å². The quantitative estimate of drug-likeness (QED) is 0.516. The van der Waals surface area contributed by atoms with Crippen LogP contribution in [0.1, 0.15) is 0 Å². The van der Waals surface area contributed by atoms with Crippen molar-refractivity contribution in [3.8, 4) is 6.07 Å². The largest absolute Gasteiger partial charge is 0.398 e. The second-order valence-corrected chi connectivity index (χ2v) is 1.94. The Labute approximate surface area is 52.6 Å². The lowest BCUT2D eigenvalue weighted by atomic mass is 10.9. The van der Waals surface area contributed by atoms with E-state index in [1.54, 1.807) is 0 Å². The van der Waals surface area contributed by atoms with Crippen LogP contribution in [0.2, 0.25) is 0 Å². The fourth-order valence-corrected chi connectivity index (χ4v) is 0.302. The highest BCUT2D eigenvalue weighted by molar-refractivity contribution is 7.80. The first kappa shape index (κ1) is 11.2. The van der Waals surface area contributed by atoms with Crippen molar-refractivity contribution in [2.75, 3.05) is 6.61 Å². The first-order valence-corrected chi connectivity index (χ1v) is 2.91. The molecule has 0 saturated heterocycles. The molecule has 0 aliphatic heterocycles. The molecule has 0 aliphatic carbocycles. The van der Waals surface area contributed by atoms with E-state index < -0.39 is 17.0 Å². The summed E-state index contributed by atoms with van der Waals surface area (Å²) in [6.07, 6.45) is 0. The lowest BCUT2D eigenvalue weighted by molar-refractivity contribution is 0.299. The maximum absolute atomic E-state index is 9.57. The van der Waals surface area contributed by atoms with E-state index in [4.69, 9.17) is 9.81 Å². The third-order valence-electron chi connectivity index (χ3n) is 0.272. The Morgan fingerprint density at radius 2 is 2.11 bits per heavy atom. The highest BCUT2D eigenvalue weighted by Crippen LogP contribution is 1.81. The van der Waals surface area contributed by atoms with Gasteiger partial charge in [0.25, 0.3) is 0 Å². The van der Waals surface area contributed by atoms with E-state index in [9.17, 15) is 8.42 Å².